The van der Waals surface area contributed by atoms with E-state index in [1.54, 1.807) is 18.2 Å². The van der Waals surface area contributed by atoms with Crippen molar-refractivity contribution in [3.05, 3.63) is 35.6 Å². The number of hydrogen-bond donors (Lipinski definition) is 1. The number of benzene rings is 1. The van der Waals surface area contributed by atoms with E-state index in [1.165, 1.54) is 6.07 Å². The average molecular weight is 265 g/mol. The Balaban J connectivity index is 1.70. The molecule has 1 aliphatic rings. The number of rotatable bonds is 5. The molecule has 1 aliphatic carbocycles. The number of amides is 1. The van der Waals surface area contributed by atoms with E-state index in [-0.39, 0.29) is 30.9 Å². The fourth-order valence-electron chi connectivity index (χ4n) is 1.78. The summed E-state index contributed by atoms with van der Waals surface area (Å²) < 4.78 is 18.1. The summed E-state index contributed by atoms with van der Waals surface area (Å²) in [5.74, 6) is -0.821. The first-order valence-electron chi connectivity index (χ1n) is 6.24. The molecule has 5 heteroatoms. The van der Waals surface area contributed by atoms with Crippen molar-refractivity contribution < 1.29 is 18.7 Å². The van der Waals surface area contributed by atoms with Gasteiger partial charge in [0, 0.05) is 12.1 Å². The van der Waals surface area contributed by atoms with Crippen molar-refractivity contribution in [2.24, 2.45) is 11.8 Å². The molecule has 1 aromatic rings. The highest BCUT2D eigenvalue weighted by molar-refractivity contribution is 5.82. The second-order valence-corrected chi connectivity index (χ2v) is 4.80. The van der Waals surface area contributed by atoms with Gasteiger partial charge in [-0.1, -0.05) is 25.1 Å². The molecule has 0 radical (unpaired) electrons. The number of halogens is 1. The third-order valence-corrected chi connectivity index (χ3v) is 3.19. The summed E-state index contributed by atoms with van der Waals surface area (Å²) in [7, 11) is 0. The van der Waals surface area contributed by atoms with E-state index in [2.05, 4.69) is 5.32 Å². The van der Waals surface area contributed by atoms with Gasteiger partial charge in [-0.25, -0.2) is 4.39 Å². The van der Waals surface area contributed by atoms with Gasteiger partial charge in [0.1, 0.15) is 5.82 Å². The molecule has 1 aromatic carbocycles. The van der Waals surface area contributed by atoms with E-state index in [1.807, 2.05) is 6.92 Å². The zero-order valence-electron chi connectivity index (χ0n) is 10.7. The van der Waals surface area contributed by atoms with Crippen molar-refractivity contribution in [3.63, 3.8) is 0 Å². The highest BCUT2D eigenvalue weighted by Crippen LogP contribution is 2.38. The average Bonchev–Trinajstić information content (AvgIpc) is 3.12. The molecule has 1 N–H and O–H groups in total. The standard InChI is InChI=1S/C14H16FNO3/c1-9-6-11(9)14(18)19-8-13(17)16-7-10-4-2-3-5-12(10)15/h2-5,9,11H,6-8H2,1H3,(H,16,17)/t9-,11-/m0/s1. The molecule has 0 bridgehead atoms. The molecule has 0 aliphatic heterocycles. The van der Waals surface area contributed by atoms with Crippen LogP contribution in [0, 0.1) is 17.7 Å². The van der Waals surface area contributed by atoms with Crippen molar-refractivity contribution in [3.8, 4) is 0 Å². The molecule has 2 atom stereocenters. The Hall–Kier alpha value is -1.91. The van der Waals surface area contributed by atoms with Crippen LogP contribution in [-0.4, -0.2) is 18.5 Å². The zero-order valence-corrected chi connectivity index (χ0v) is 10.7. The molecule has 1 saturated carbocycles. The Morgan fingerprint density at radius 3 is 2.74 bits per heavy atom. The predicted octanol–water partition coefficient (Wildman–Crippen LogP) is 1.64. The van der Waals surface area contributed by atoms with Gasteiger partial charge in [-0.3, -0.25) is 9.59 Å². The first-order chi connectivity index (χ1) is 9.08. The van der Waals surface area contributed by atoms with Gasteiger partial charge in [0.2, 0.25) is 0 Å². The van der Waals surface area contributed by atoms with E-state index < -0.39 is 5.91 Å². The molecule has 0 saturated heterocycles. The highest BCUT2D eigenvalue weighted by atomic mass is 19.1. The van der Waals surface area contributed by atoms with Crippen molar-refractivity contribution in [2.45, 2.75) is 19.9 Å². The van der Waals surface area contributed by atoms with Gasteiger partial charge >= 0.3 is 5.97 Å². The minimum absolute atomic E-state index is 0.0561. The molecule has 2 rings (SSSR count). The number of nitrogens with one attached hydrogen (secondary N) is 1. The number of carbonyl (C=O) groups is 2. The van der Waals surface area contributed by atoms with Crippen LogP contribution in [0.5, 0.6) is 0 Å². The number of carbonyl (C=O) groups excluding carboxylic acids is 2. The van der Waals surface area contributed by atoms with Gasteiger partial charge in [-0.15, -0.1) is 0 Å². The Morgan fingerprint density at radius 1 is 1.42 bits per heavy atom. The van der Waals surface area contributed by atoms with Crippen molar-refractivity contribution in [2.75, 3.05) is 6.61 Å². The summed E-state index contributed by atoms with van der Waals surface area (Å²) >= 11 is 0. The third kappa shape index (κ3) is 3.77. The van der Waals surface area contributed by atoms with Crippen LogP contribution >= 0.6 is 0 Å². The molecule has 1 amide bonds. The monoisotopic (exact) mass is 265 g/mol. The van der Waals surface area contributed by atoms with Crippen LogP contribution in [0.15, 0.2) is 24.3 Å². The van der Waals surface area contributed by atoms with Crippen LogP contribution < -0.4 is 5.32 Å². The highest BCUT2D eigenvalue weighted by Gasteiger charge is 2.40. The lowest BCUT2D eigenvalue weighted by Crippen LogP contribution is -2.29. The van der Waals surface area contributed by atoms with E-state index in [4.69, 9.17) is 4.74 Å². The van der Waals surface area contributed by atoms with Gasteiger partial charge in [0.25, 0.3) is 5.91 Å². The van der Waals surface area contributed by atoms with Gasteiger partial charge in [-0.05, 0) is 18.4 Å². The normalized spacial score (nSPS) is 20.7. The first-order valence-corrected chi connectivity index (χ1v) is 6.24. The van der Waals surface area contributed by atoms with E-state index >= 15 is 0 Å². The molecular formula is C14H16FNO3. The lowest BCUT2D eigenvalue weighted by Gasteiger charge is -2.07. The summed E-state index contributed by atoms with van der Waals surface area (Å²) in [6, 6.07) is 6.20. The van der Waals surface area contributed by atoms with Gasteiger partial charge in [0.05, 0.1) is 5.92 Å². The summed E-state index contributed by atoms with van der Waals surface area (Å²) in [4.78, 5) is 22.8. The maximum Gasteiger partial charge on any atom is 0.309 e. The predicted molar refractivity (Wildman–Crippen MR) is 66.5 cm³/mol. The maximum absolute atomic E-state index is 13.3. The van der Waals surface area contributed by atoms with Gasteiger partial charge < -0.3 is 10.1 Å². The first kappa shape index (κ1) is 13.5. The molecule has 0 aromatic heterocycles. The second kappa shape index (κ2) is 5.82. The lowest BCUT2D eigenvalue weighted by molar-refractivity contribution is -0.150. The van der Waals surface area contributed by atoms with Crippen LogP contribution in [0.4, 0.5) is 4.39 Å². The third-order valence-electron chi connectivity index (χ3n) is 3.19. The Morgan fingerprint density at radius 2 is 2.11 bits per heavy atom. The fourth-order valence-corrected chi connectivity index (χ4v) is 1.78. The second-order valence-electron chi connectivity index (χ2n) is 4.80. The molecule has 1 fully saturated rings. The summed E-state index contributed by atoms with van der Waals surface area (Å²) in [6.45, 7) is 1.74. The molecule has 4 nitrogen and oxygen atoms in total. The quantitative estimate of drug-likeness (QED) is 0.823. The number of ether oxygens (including phenoxy) is 1. The zero-order chi connectivity index (χ0) is 13.8. The summed E-state index contributed by atoms with van der Waals surface area (Å²) in [5.41, 5.74) is 0.401. The van der Waals surface area contributed by atoms with Crippen molar-refractivity contribution in [1.82, 2.24) is 5.32 Å². The number of esters is 1. The number of hydrogen-bond acceptors (Lipinski definition) is 3. The summed E-state index contributed by atoms with van der Waals surface area (Å²) in [5, 5.41) is 2.51. The van der Waals surface area contributed by atoms with Gasteiger partial charge in [-0.2, -0.15) is 0 Å². The molecule has 19 heavy (non-hydrogen) atoms. The molecule has 102 valence electrons. The Bertz CT molecular complexity index is 489. The topological polar surface area (TPSA) is 55.4 Å². The van der Waals surface area contributed by atoms with Crippen LogP contribution in [0.2, 0.25) is 0 Å². The minimum Gasteiger partial charge on any atom is -0.455 e. The fraction of sp³-hybridized carbons (Fsp3) is 0.429. The van der Waals surface area contributed by atoms with Crippen LogP contribution in [-0.2, 0) is 20.9 Å². The van der Waals surface area contributed by atoms with E-state index in [0.29, 0.717) is 11.5 Å². The van der Waals surface area contributed by atoms with Crippen molar-refractivity contribution >= 4 is 11.9 Å². The van der Waals surface area contributed by atoms with Crippen LogP contribution in [0.1, 0.15) is 18.9 Å². The molecule has 0 spiro atoms. The Labute approximate surface area is 110 Å². The molecular weight excluding hydrogens is 249 g/mol. The lowest BCUT2D eigenvalue weighted by atomic mass is 10.2. The molecule has 0 unspecified atom stereocenters. The van der Waals surface area contributed by atoms with Crippen LogP contribution in [0.25, 0.3) is 0 Å². The van der Waals surface area contributed by atoms with Crippen LogP contribution in [0.3, 0.4) is 0 Å². The Kier molecular flexibility index (Phi) is 4.14. The van der Waals surface area contributed by atoms with Crippen molar-refractivity contribution in [1.29, 1.82) is 0 Å². The van der Waals surface area contributed by atoms with E-state index in [0.717, 1.165) is 6.42 Å². The maximum atomic E-state index is 13.3. The van der Waals surface area contributed by atoms with Gasteiger partial charge in [0.15, 0.2) is 6.61 Å². The smallest absolute Gasteiger partial charge is 0.309 e. The SMILES string of the molecule is C[C@H]1C[C@@H]1C(=O)OCC(=O)NCc1ccccc1F. The van der Waals surface area contributed by atoms with E-state index in [9.17, 15) is 14.0 Å². The minimum atomic E-state index is -0.426. The summed E-state index contributed by atoms with van der Waals surface area (Å²) in [6.07, 6.45) is 0.829. The molecule has 0 heterocycles. The largest absolute Gasteiger partial charge is 0.455 e.